The van der Waals surface area contributed by atoms with Crippen LogP contribution in [0.3, 0.4) is 0 Å². The smallest absolute Gasteiger partial charge is 0.354 e. The molecule has 144 valence electrons. The summed E-state index contributed by atoms with van der Waals surface area (Å²) in [5.74, 6) is 0.460. The van der Waals surface area contributed by atoms with Crippen molar-refractivity contribution in [2.75, 3.05) is 43.4 Å². The molecule has 1 N–H and O–H groups in total. The third kappa shape index (κ3) is 5.61. The molecule has 2 heterocycles. The number of nitrogens with one attached hydrogen (secondary N) is 1. The first-order chi connectivity index (χ1) is 12.8. The Kier molecular flexibility index (Phi) is 5.91. The molecule has 0 radical (unpaired) electrons. The summed E-state index contributed by atoms with van der Waals surface area (Å²) in [7, 11) is 2.08. The van der Waals surface area contributed by atoms with Gasteiger partial charge in [-0.3, -0.25) is 4.79 Å². The summed E-state index contributed by atoms with van der Waals surface area (Å²) in [4.78, 5) is 21.1. The van der Waals surface area contributed by atoms with Crippen LogP contribution < -0.4 is 10.2 Å². The van der Waals surface area contributed by atoms with E-state index < -0.39 is 11.4 Å². The first kappa shape index (κ1) is 19.5. The molecule has 27 heavy (non-hydrogen) atoms. The minimum Gasteiger partial charge on any atom is -0.354 e. The minimum atomic E-state index is -4.35. The number of nitrogens with zero attached hydrogens (tertiary/aromatic N) is 3. The number of amides is 1. The van der Waals surface area contributed by atoms with Gasteiger partial charge in [0.2, 0.25) is 0 Å². The van der Waals surface area contributed by atoms with Crippen molar-refractivity contribution in [3.63, 3.8) is 0 Å². The predicted octanol–water partition coefficient (Wildman–Crippen LogP) is 3.70. The maximum atomic E-state index is 12.3. The van der Waals surface area contributed by atoms with Crippen LogP contribution in [-0.4, -0.2) is 54.5 Å². The molecule has 0 unspecified atom stereocenters. The van der Waals surface area contributed by atoms with Gasteiger partial charge >= 0.3 is 5.51 Å². The van der Waals surface area contributed by atoms with Gasteiger partial charge in [0.15, 0.2) is 0 Å². The average molecular weight is 396 g/mol. The number of aromatic nitrogens is 1. The van der Waals surface area contributed by atoms with Crippen LogP contribution in [0.5, 0.6) is 0 Å². The van der Waals surface area contributed by atoms with Crippen LogP contribution in [0, 0.1) is 0 Å². The van der Waals surface area contributed by atoms with Crippen LogP contribution in [0.15, 0.2) is 47.5 Å². The molecular formula is C18H19F3N4OS. The predicted molar refractivity (Wildman–Crippen MR) is 100 cm³/mol. The average Bonchev–Trinajstić information content (AvgIpc) is 2.62. The number of rotatable bonds is 4. The minimum absolute atomic E-state index is 0.0391. The van der Waals surface area contributed by atoms with Gasteiger partial charge in [-0.15, -0.1) is 0 Å². The Morgan fingerprint density at radius 2 is 1.74 bits per heavy atom. The second-order valence-electron chi connectivity index (χ2n) is 6.22. The maximum Gasteiger partial charge on any atom is 0.446 e. The van der Waals surface area contributed by atoms with Gasteiger partial charge in [0.05, 0.1) is 11.9 Å². The molecule has 1 aromatic carbocycles. The molecule has 1 aliphatic rings. The number of hydrogen-bond donors (Lipinski definition) is 1. The normalized spacial score (nSPS) is 15.6. The lowest BCUT2D eigenvalue weighted by molar-refractivity contribution is -0.0328. The number of pyridine rings is 1. The van der Waals surface area contributed by atoms with E-state index in [-0.39, 0.29) is 22.2 Å². The Morgan fingerprint density at radius 1 is 1.07 bits per heavy atom. The van der Waals surface area contributed by atoms with E-state index in [4.69, 9.17) is 0 Å². The molecule has 0 spiro atoms. The Labute approximate surface area is 159 Å². The number of anilines is 2. The highest BCUT2D eigenvalue weighted by molar-refractivity contribution is 8.00. The number of carbonyl (C=O) groups is 1. The SMILES string of the molecule is CN1CCN(c2ccc(NC(=O)c3ccc(SC(F)(F)F)cc3)cn2)CC1. The van der Waals surface area contributed by atoms with Crippen LogP contribution in [0.1, 0.15) is 10.4 Å². The fourth-order valence-corrected chi connectivity index (χ4v) is 3.23. The molecule has 1 fully saturated rings. The third-order valence-corrected chi connectivity index (χ3v) is 4.92. The monoisotopic (exact) mass is 396 g/mol. The molecule has 5 nitrogen and oxygen atoms in total. The largest absolute Gasteiger partial charge is 0.446 e. The zero-order chi connectivity index (χ0) is 19.4. The lowest BCUT2D eigenvalue weighted by Crippen LogP contribution is -2.44. The van der Waals surface area contributed by atoms with Crippen molar-refractivity contribution < 1.29 is 18.0 Å². The molecule has 1 saturated heterocycles. The van der Waals surface area contributed by atoms with Gasteiger partial charge in [-0.05, 0) is 55.2 Å². The number of likely N-dealkylation sites (N-methyl/N-ethyl adjacent to an activating group) is 1. The van der Waals surface area contributed by atoms with E-state index >= 15 is 0 Å². The van der Waals surface area contributed by atoms with Gasteiger partial charge in [0.25, 0.3) is 5.91 Å². The molecule has 0 atom stereocenters. The van der Waals surface area contributed by atoms with Gasteiger partial charge < -0.3 is 15.1 Å². The number of thioether (sulfide) groups is 1. The van der Waals surface area contributed by atoms with Gasteiger partial charge in [-0.2, -0.15) is 13.2 Å². The van der Waals surface area contributed by atoms with Crippen LogP contribution in [0.25, 0.3) is 0 Å². The zero-order valence-electron chi connectivity index (χ0n) is 14.7. The van der Waals surface area contributed by atoms with Crippen LogP contribution in [0.2, 0.25) is 0 Å². The van der Waals surface area contributed by atoms with E-state index in [2.05, 4.69) is 27.1 Å². The topological polar surface area (TPSA) is 48.5 Å². The molecule has 1 aromatic heterocycles. The van der Waals surface area contributed by atoms with Crippen LogP contribution in [0.4, 0.5) is 24.7 Å². The van der Waals surface area contributed by atoms with E-state index in [0.717, 1.165) is 32.0 Å². The van der Waals surface area contributed by atoms with Gasteiger partial charge in [0, 0.05) is 36.6 Å². The molecule has 3 rings (SSSR count). The molecule has 2 aromatic rings. The lowest BCUT2D eigenvalue weighted by atomic mass is 10.2. The van der Waals surface area contributed by atoms with E-state index in [1.165, 1.54) is 24.3 Å². The molecule has 0 saturated carbocycles. The van der Waals surface area contributed by atoms with Crippen molar-refractivity contribution in [3.05, 3.63) is 48.2 Å². The second-order valence-corrected chi connectivity index (χ2v) is 7.36. The van der Waals surface area contributed by atoms with Crippen molar-refractivity contribution in [1.29, 1.82) is 0 Å². The highest BCUT2D eigenvalue weighted by atomic mass is 32.2. The quantitative estimate of drug-likeness (QED) is 0.799. The van der Waals surface area contributed by atoms with Gasteiger partial charge in [-0.1, -0.05) is 0 Å². The summed E-state index contributed by atoms with van der Waals surface area (Å²) in [6, 6.07) is 8.92. The van der Waals surface area contributed by atoms with Crippen LogP contribution >= 0.6 is 11.8 Å². The first-order valence-corrected chi connectivity index (χ1v) is 9.18. The molecule has 0 aliphatic carbocycles. The van der Waals surface area contributed by atoms with Crippen LogP contribution in [-0.2, 0) is 0 Å². The fourth-order valence-electron chi connectivity index (χ4n) is 2.69. The lowest BCUT2D eigenvalue weighted by Gasteiger charge is -2.33. The number of alkyl halides is 3. The number of piperazine rings is 1. The standard InChI is InChI=1S/C18H19F3N4OS/c1-24-8-10-25(11-9-24)16-7-4-14(12-22-16)23-17(26)13-2-5-15(6-3-13)27-18(19,20)21/h2-7,12H,8-11H2,1H3,(H,23,26). The summed E-state index contributed by atoms with van der Waals surface area (Å²) < 4.78 is 37.0. The summed E-state index contributed by atoms with van der Waals surface area (Å²) in [6.07, 6.45) is 1.58. The van der Waals surface area contributed by atoms with E-state index in [1.807, 2.05) is 6.07 Å². The van der Waals surface area contributed by atoms with Gasteiger partial charge in [0.1, 0.15) is 5.82 Å². The summed E-state index contributed by atoms with van der Waals surface area (Å²) >= 11 is -0.209. The van der Waals surface area contributed by atoms with Crippen molar-refractivity contribution in [3.8, 4) is 0 Å². The first-order valence-electron chi connectivity index (χ1n) is 8.37. The van der Waals surface area contributed by atoms with Crippen molar-refractivity contribution in [2.24, 2.45) is 0 Å². The Hall–Kier alpha value is -2.26. The van der Waals surface area contributed by atoms with Gasteiger partial charge in [-0.25, -0.2) is 4.98 Å². The summed E-state index contributed by atoms with van der Waals surface area (Å²) in [5.41, 5.74) is -3.53. The molecular weight excluding hydrogens is 377 g/mol. The Morgan fingerprint density at radius 3 is 2.30 bits per heavy atom. The molecule has 0 bridgehead atoms. The molecule has 1 aliphatic heterocycles. The summed E-state index contributed by atoms with van der Waals surface area (Å²) in [5, 5.41) is 2.71. The number of halogens is 3. The maximum absolute atomic E-state index is 12.3. The third-order valence-electron chi connectivity index (χ3n) is 4.18. The fraction of sp³-hybridized carbons (Fsp3) is 0.333. The van der Waals surface area contributed by atoms with Crippen molar-refractivity contribution in [2.45, 2.75) is 10.4 Å². The molecule has 1 amide bonds. The highest BCUT2D eigenvalue weighted by Gasteiger charge is 2.29. The van der Waals surface area contributed by atoms with E-state index in [9.17, 15) is 18.0 Å². The second kappa shape index (κ2) is 8.18. The van der Waals surface area contributed by atoms with Crippen molar-refractivity contribution >= 4 is 29.2 Å². The molecule has 9 heteroatoms. The van der Waals surface area contributed by atoms with E-state index in [1.54, 1.807) is 12.3 Å². The number of carbonyl (C=O) groups excluding carboxylic acids is 1. The zero-order valence-corrected chi connectivity index (χ0v) is 15.5. The Bertz CT molecular complexity index is 773. The Balaban J connectivity index is 1.59. The number of benzene rings is 1. The number of hydrogen-bond acceptors (Lipinski definition) is 5. The van der Waals surface area contributed by atoms with Crippen molar-refractivity contribution in [1.82, 2.24) is 9.88 Å². The highest BCUT2D eigenvalue weighted by Crippen LogP contribution is 2.36. The summed E-state index contributed by atoms with van der Waals surface area (Å²) in [6.45, 7) is 3.75. The van der Waals surface area contributed by atoms with E-state index in [0.29, 0.717) is 5.69 Å².